The molecule has 0 radical (unpaired) electrons. The minimum absolute atomic E-state index is 0.0000220. The number of hydrogen-bond donors (Lipinski definition) is 0. The van der Waals surface area contributed by atoms with Crippen LogP contribution in [0.3, 0.4) is 0 Å². The van der Waals surface area contributed by atoms with E-state index in [2.05, 4.69) is 25.8 Å². The topological polar surface area (TPSA) is 30.0 Å². The first-order valence-electron chi connectivity index (χ1n) is 6.03. The summed E-state index contributed by atoms with van der Waals surface area (Å²) in [6, 6.07) is 11.7. The van der Waals surface area contributed by atoms with Crippen LogP contribution in [0.4, 0.5) is 0 Å². The van der Waals surface area contributed by atoms with Gasteiger partial charge in [0, 0.05) is 17.3 Å². The molecule has 92 valence electrons. The van der Waals surface area contributed by atoms with Crippen LogP contribution in [0.2, 0.25) is 0 Å². The normalized spacial score (nSPS) is 11.3. The van der Waals surface area contributed by atoms with Crippen molar-refractivity contribution in [2.24, 2.45) is 0 Å². The molecule has 0 unspecified atom stereocenters. The molecule has 0 fully saturated rings. The summed E-state index contributed by atoms with van der Waals surface area (Å²) in [5.41, 5.74) is 3.44. The van der Waals surface area contributed by atoms with Crippen LogP contribution in [0.15, 0.2) is 42.6 Å². The summed E-state index contributed by atoms with van der Waals surface area (Å²) in [6.45, 7) is 6.34. The van der Waals surface area contributed by atoms with Gasteiger partial charge < -0.3 is 0 Å². The Balaban J connectivity index is 2.54. The molecular formula is C16H17NO. The summed E-state index contributed by atoms with van der Waals surface area (Å²) in [5, 5.41) is 0. The number of benzene rings is 1. The first-order valence-corrected chi connectivity index (χ1v) is 6.03. The maximum atomic E-state index is 11.2. The molecule has 0 atom stereocenters. The van der Waals surface area contributed by atoms with Crippen LogP contribution in [0.1, 0.15) is 36.7 Å². The van der Waals surface area contributed by atoms with Crippen molar-refractivity contribution >= 4 is 6.29 Å². The lowest BCUT2D eigenvalue weighted by Crippen LogP contribution is -2.12. The van der Waals surface area contributed by atoms with E-state index in [9.17, 15) is 4.79 Å². The summed E-state index contributed by atoms with van der Waals surface area (Å²) in [4.78, 5) is 15.7. The first-order chi connectivity index (χ1) is 8.52. The predicted octanol–water partition coefficient (Wildman–Crippen LogP) is 3.86. The Morgan fingerprint density at radius 3 is 2.33 bits per heavy atom. The van der Waals surface area contributed by atoms with Gasteiger partial charge in [0.1, 0.15) is 0 Å². The standard InChI is InChI=1S/C16H17NO/c1-16(2,3)14-9-13(11-18)15(17-10-14)12-7-5-4-6-8-12/h4-11H,1-3H3. The van der Waals surface area contributed by atoms with E-state index in [1.807, 2.05) is 42.6 Å². The molecule has 0 amide bonds. The largest absolute Gasteiger partial charge is 0.298 e. The van der Waals surface area contributed by atoms with Crippen LogP contribution >= 0.6 is 0 Å². The zero-order valence-electron chi connectivity index (χ0n) is 11.0. The van der Waals surface area contributed by atoms with Gasteiger partial charge in [0.15, 0.2) is 6.29 Å². The van der Waals surface area contributed by atoms with E-state index >= 15 is 0 Å². The van der Waals surface area contributed by atoms with Gasteiger partial charge in [0.05, 0.1) is 5.69 Å². The van der Waals surface area contributed by atoms with Crippen LogP contribution in [-0.2, 0) is 5.41 Å². The lowest BCUT2D eigenvalue weighted by Gasteiger charge is -2.19. The van der Waals surface area contributed by atoms with Gasteiger partial charge in [-0.2, -0.15) is 0 Å². The fraction of sp³-hybridized carbons (Fsp3) is 0.250. The molecule has 1 heterocycles. The molecule has 18 heavy (non-hydrogen) atoms. The third kappa shape index (κ3) is 2.48. The molecular weight excluding hydrogens is 222 g/mol. The fourth-order valence-corrected chi connectivity index (χ4v) is 1.82. The van der Waals surface area contributed by atoms with Gasteiger partial charge in [-0.25, -0.2) is 0 Å². The van der Waals surface area contributed by atoms with E-state index in [1.54, 1.807) is 0 Å². The number of aldehydes is 1. The average Bonchev–Trinajstić information content (AvgIpc) is 2.38. The molecule has 2 aromatic rings. The highest BCUT2D eigenvalue weighted by atomic mass is 16.1. The van der Waals surface area contributed by atoms with E-state index in [0.717, 1.165) is 23.1 Å². The second-order valence-corrected chi connectivity index (χ2v) is 5.40. The summed E-state index contributed by atoms with van der Waals surface area (Å²) >= 11 is 0. The van der Waals surface area contributed by atoms with Gasteiger partial charge in [-0.1, -0.05) is 51.1 Å². The Labute approximate surface area is 108 Å². The maximum absolute atomic E-state index is 11.2. The second kappa shape index (κ2) is 4.73. The number of pyridine rings is 1. The smallest absolute Gasteiger partial charge is 0.152 e. The number of nitrogens with zero attached hydrogens (tertiary/aromatic N) is 1. The predicted molar refractivity (Wildman–Crippen MR) is 73.8 cm³/mol. The van der Waals surface area contributed by atoms with E-state index in [4.69, 9.17) is 0 Å². The molecule has 1 aromatic carbocycles. The van der Waals surface area contributed by atoms with Crippen LogP contribution in [0.5, 0.6) is 0 Å². The highest BCUT2D eigenvalue weighted by molar-refractivity contribution is 5.85. The molecule has 0 N–H and O–H groups in total. The molecule has 0 bridgehead atoms. The van der Waals surface area contributed by atoms with Crippen molar-refractivity contribution in [2.45, 2.75) is 26.2 Å². The van der Waals surface area contributed by atoms with E-state index in [0.29, 0.717) is 5.56 Å². The Morgan fingerprint density at radius 1 is 1.11 bits per heavy atom. The molecule has 0 saturated carbocycles. The van der Waals surface area contributed by atoms with Crippen molar-refractivity contribution in [3.63, 3.8) is 0 Å². The minimum atomic E-state index is -0.0000220. The molecule has 0 aliphatic heterocycles. The van der Waals surface area contributed by atoms with Crippen molar-refractivity contribution in [1.29, 1.82) is 0 Å². The Morgan fingerprint density at radius 2 is 1.78 bits per heavy atom. The summed E-state index contributed by atoms with van der Waals surface area (Å²) < 4.78 is 0. The molecule has 2 heteroatoms. The van der Waals surface area contributed by atoms with Gasteiger partial charge in [-0.15, -0.1) is 0 Å². The molecule has 2 nitrogen and oxygen atoms in total. The first kappa shape index (κ1) is 12.5. The average molecular weight is 239 g/mol. The van der Waals surface area contributed by atoms with Crippen LogP contribution < -0.4 is 0 Å². The Bertz CT molecular complexity index is 553. The fourth-order valence-electron chi connectivity index (χ4n) is 1.82. The summed E-state index contributed by atoms with van der Waals surface area (Å²) in [5.74, 6) is 0. The van der Waals surface area contributed by atoms with Crippen molar-refractivity contribution in [3.05, 3.63) is 53.7 Å². The van der Waals surface area contributed by atoms with Gasteiger partial charge >= 0.3 is 0 Å². The van der Waals surface area contributed by atoms with E-state index in [1.165, 1.54) is 0 Å². The lowest BCUT2D eigenvalue weighted by atomic mass is 9.87. The van der Waals surface area contributed by atoms with Crippen LogP contribution in [0, 0.1) is 0 Å². The van der Waals surface area contributed by atoms with Gasteiger partial charge in [0.2, 0.25) is 0 Å². The number of aromatic nitrogens is 1. The number of rotatable bonds is 2. The monoisotopic (exact) mass is 239 g/mol. The minimum Gasteiger partial charge on any atom is -0.298 e. The molecule has 1 aromatic heterocycles. The van der Waals surface area contributed by atoms with Crippen LogP contribution in [0.25, 0.3) is 11.3 Å². The number of carbonyl (C=O) groups is 1. The molecule has 0 spiro atoms. The maximum Gasteiger partial charge on any atom is 0.152 e. The summed E-state index contributed by atoms with van der Waals surface area (Å²) in [6.07, 6.45) is 2.74. The zero-order chi connectivity index (χ0) is 13.2. The second-order valence-electron chi connectivity index (χ2n) is 5.40. The van der Waals surface area contributed by atoms with Crippen molar-refractivity contribution in [1.82, 2.24) is 4.98 Å². The highest BCUT2D eigenvalue weighted by Crippen LogP contribution is 2.26. The molecule has 0 aliphatic rings. The number of carbonyl (C=O) groups excluding carboxylic acids is 1. The van der Waals surface area contributed by atoms with Crippen molar-refractivity contribution < 1.29 is 4.79 Å². The Kier molecular flexibility index (Phi) is 3.28. The highest BCUT2D eigenvalue weighted by Gasteiger charge is 2.16. The van der Waals surface area contributed by atoms with E-state index in [-0.39, 0.29) is 5.41 Å². The van der Waals surface area contributed by atoms with Crippen molar-refractivity contribution in [2.75, 3.05) is 0 Å². The SMILES string of the molecule is CC(C)(C)c1cnc(-c2ccccc2)c(C=O)c1. The van der Waals surface area contributed by atoms with Gasteiger partial charge in [-0.3, -0.25) is 9.78 Å². The third-order valence-corrected chi connectivity index (χ3v) is 2.96. The third-order valence-electron chi connectivity index (χ3n) is 2.96. The van der Waals surface area contributed by atoms with Crippen LogP contribution in [-0.4, -0.2) is 11.3 Å². The van der Waals surface area contributed by atoms with Crippen molar-refractivity contribution in [3.8, 4) is 11.3 Å². The van der Waals surface area contributed by atoms with Gasteiger partial charge in [0.25, 0.3) is 0 Å². The number of hydrogen-bond acceptors (Lipinski definition) is 2. The summed E-state index contributed by atoms with van der Waals surface area (Å²) in [7, 11) is 0. The molecule has 0 saturated heterocycles. The zero-order valence-corrected chi connectivity index (χ0v) is 11.0. The molecule has 2 rings (SSSR count). The quantitative estimate of drug-likeness (QED) is 0.745. The molecule has 0 aliphatic carbocycles. The van der Waals surface area contributed by atoms with E-state index < -0.39 is 0 Å². The van der Waals surface area contributed by atoms with Gasteiger partial charge in [-0.05, 0) is 17.0 Å². The lowest BCUT2D eigenvalue weighted by molar-refractivity contribution is 0.112. The Hall–Kier alpha value is -1.96.